The van der Waals surface area contributed by atoms with E-state index >= 15 is 0 Å². The topological polar surface area (TPSA) is 38.3 Å². The zero-order valence-electron chi connectivity index (χ0n) is 8.64. The minimum absolute atomic E-state index is 0.00843. The molecule has 0 radical (unpaired) electrons. The highest BCUT2D eigenvalue weighted by Gasteiger charge is 2.04. The summed E-state index contributed by atoms with van der Waals surface area (Å²) in [4.78, 5) is 10.5. The third kappa shape index (κ3) is 5.32. The van der Waals surface area contributed by atoms with Gasteiger partial charge in [0.1, 0.15) is 6.61 Å². The summed E-state index contributed by atoms with van der Waals surface area (Å²) in [5, 5.41) is 3.21. The summed E-state index contributed by atoms with van der Waals surface area (Å²) >= 11 is 4.30. The van der Waals surface area contributed by atoms with Gasteiger partial charge in [-0.25, -0.2) is 0 Å². The molecule has 0 saturated heterocycles. The molecule has 0 amide bonds. The van der Waals surface area contributed by atoms with Gasteiger partial charge in [-0.1, -0.05) is 18.2 Å². The normalized spacial score (nSPS) is 11.9. The van der Waals surface area contributed by atoms with Crippen LogP contribution in [0.4, 0.5) is 5.69 Å². The number of nitrogens with one attached hydrogen (secondary N) is 1. The first-order valence-corrected chi connectivity index (χ1v) is 5.30. The van der Waals surface area contributed by atoms with Crippen LogP contribution >= 0.6 is 12.6 Å². The summed E-state index contributed by atoms with van der Waals surface area (Å²) in [7, 11) is 0. The van der Waals surface area contributed by atoms with E-state index in [1.165, 1.54) is 6.92 Å². The van der Waals surface area contributed by atoms with E-state index in [4.69, 9.17) is 4.74 Å². The Morgan fingerprint density at radius 3 is 2.73 bits per heavy atom. The van der Waals surface area contributed by atoms with Crippen molar-refractivity contribution >= 4 is 24.3 Å². The molecule has 82 valence electrons. The van der Waals surface area contributed by atoms with Gasteiger partial charge >= 0.3 is 5.97 Å². The second-order valence-corrected chi connectivity index (χ2v) is 3.93. The van der Waals surface area contributed by atoms with E-state index in [1.807, 2.05) is 30.3 Å². The lowest BCUT2D eigenvalue weighted by molar-refractivity contribution is -0.140. The third-order valence-corrected chi connectivity index (χ3v) is 2.13. The average Bonchev–Trinajstić information content (AvgIpc) is 2.25. The fraction of sp³-hybridized carbons (Fsp3) is 0.364. The summed E-state index contributed by atoms with van der Waals surface area (Å²) in [5.74, 6) is -0.270. The molecule has 1 aromatic carbocycles. The van der Waals surface area contributed by atoms with E-state index in [2.05, 4.69) is 17.9 Å². The molecule has 4 heteroatoms. The van der Waals surface area contributed by atoms with E-state index in [-0.39, 0.29) is 11.2 Å². The van der Waals surface area contributed by atoms with Gasteiger partial charge in [0.15, 0.2) is 0 Å². The minimum atomic E-state index is -0.270. The number of hydrogen-bond donors (Lipinski definition) is 2. The number of rotatable bonds is 5. The van der Waals surface area contributed by atoms with Crippen LogP contribution in [0.2, 0.25) is 0 Å². The van der Waals surface area contributed by atoms with E-state index in [1.54, 1.807) is 0 Å². The maximum Gasteiger partial charge on any atom is 0.302 e. The van der Waals surface area contributed by atoms with Crippen LogP contribution in [-0.2, 0) is 9.53 Å². The molecule has 1 atom stereocenters. The molecule has 0 heterocycles. The Balaban J connectivity index is 2.22. The molecule has 0 fully saturated rings. The van der Waals surface area contributed by atoms with Gasteiger partial charge in [0.25, 0.3) is 0 Å². The minimum Gasteiger partial charge on any atom is -0.465 e. The van der Waals surface area contributed by atoms with Crippen LogP contribution in [0.15, 0.2) is 30.3 Å². The van der Waals surface area contributed by atoms with Gasteiger partial charge in [-0.15, -0.1) is 0 Å². The number of anilines is 1. The first-order valence-electron chi connectivity index (χ1n) is 4.79. The monoisotopic (exact) mass is 225 g/mol. The Kier molecular flexibility index (Phi) is 5.04. The Labute approximate surface area is 95.2 Å². The van der Waals surface area contributed by atoms with Crippen LogP contribution < -0.4 is 5.32 Å². The number of thiol groups is 1. The molecule has 0 aliphatic rings. The van der Waals surface area contributed by atoms with E-state index in [0.29, 0.717) is 13.2 Å². The summed E-state index contributed by atoms with van der Waals surface area (Å²) in [6.45, 7) is 2.39. The lowest BCUT2D eigenvalue weighted by Crippen LogP contribution is -2.21. The van der Waals surface area contributed by atoms with Gasteiger partial charge in [-0.2, -0.15) is 12.6 Å². The molecule has 3 nitrogen and oxygen atoms in total. The highest BCUT2D eigenvalue weighted by atomic mass is 32.1. The van der Waals surface area contributed by atoms with Crippen LogP contribution in [0.25, 0.3) is 0 Å². The molecule has 1 rings (SSSR count). The predicted octanol–water partition coefficient (Wildman–Crippen LogP) is 1.96. The number of carbonyl (C=O) groups excluding carboxylic acids is 1. The van der Waals surface area contributed by atoms with Crippen molar-refractivity contribution in [2.75, 3.05) is 18.5 Å². The molecule has 1 aromatic rings. The smallest absolute Gasteiger partial charge is 0.302 e. The lowest BCUT2D eigenvalue weighted by Gasteiger charge is -2.12. The molecule has 1 unspecified atom stereocenters. The number of hydrogen-bond acceptors (Lipinski definition) is 4. The van der Waals surface area contributed by atoms with Crippen molar-refractivity contribution in [1.29, 1.82) is 0 Å². The zero-order chi connectivity index (χ0) is 11.1. The van der Waals surface area contributed by atoms with Gasteiger partial charge in [0.2, 0.25) is 0 Å². The molecule has 0 bridgehead atoms. The summed E-state index contributed by atoms with van der Waals surface area (Å²) in [6.07, 6.45) is 0. The van der Waals surface area contributed by atoms with Crippen molar-refractivity contribution in [2.45, 2.75) is 12.2 Å². The molecule has 0 spiro atoms. The Morgan fingerprint density at radius 1 is 1.47 bits per heavy atom. The molecule has 0 aromatic heterocycles. The van der Waals surface area contributed by atoms with Crippen LogP contribution in [0.5, 0.6) is 0 Å². The molecule has 0 aliphatic heterocycles. The number of para-hydroxylation sites is 1. The molecule has 0 aliphatic carbocycles. The molecule has 0 saturated carbocycles. The van der Waals surface area contributed by atoms with E-state index in [9.17, 15) is 4.79 Å². The first kappa shape index (κ1) is 11.9. The molecule has 15 heavy (non-hydrogen) atoms. The fourth-order valence-electron chi connectivity index (χ4n) is 1.06. The summed E-state index contributed by atoms with van der Waals surface area (Å²) in [5.41, 5.74) is 1.04. The maximum atomic E-state index is 10.5. The van der Waals surface area contributed by atoms with Crippen LogP contribution in [0.1, 0.15) is 6.92 Å². The van der Waals surface area contributed by atoms with Crippen LogP contribution in [-0.4, -0.2) is 24.4 Å². The van der Waals surface area contributed by atoms with E-state index < -0.39 is 0 Å². The van der Waals surface area contributed by atoms with Crippen LogP contribution in [0, 0.1) is 0 Å². The standard InChI is InChI=1S/C11H15NO2S/c1-9(13)14-8-11(15)7-12-10-5-3-2-4-6-10/h2-6,11-12,15H,7-8H2,1H3. The van der Waals surface area contributed by atoms with Gasteiger partial charge in [0.05, 0.1) is 5.25 Å². The molecular formula is C11H15NO2S. The zero-order valence-corrected chi connectivity index (χ0v) is 9.54. The maximum absolute atomic E-state index is 10.5. The number of benzene rings is 1. The third-order valence-electron chi connectivity index (χ3n) is 1.79. The lowest BCUT2D eigenvalue weighted by atomic mass is 10.3. The summed E-state index contributed by atoms with van der Waals surface area (Å²) in [6, 6.07) is 9.84. The van der Waals surface area contributed by atoms with Crippen molar-refractivity contribution in [3.8, 4) is 0 Å². The van der Waals surface area contributed by atoms with Crippen molar-refractivity contribution in [2.24, 2.45) is 0 Å². The SMILES string of the molecule is CC(=O)OCC(S)CNc1ccccc1. The number of carbonyl (C=O) groups is 1. The fourth-order valence-corrected chi connectivity index (χ4v) is 1.23. The molecular weight excluding hydrogens is 210 g/mol. The van der Waals surface area contributed by atoms with Crippen molar-refractivity contribution in [3.05, 3.63) is 30.3 Å². The largest absolute Gasteiger partial charge is 0.465 e. The average molecular weight is 225 g/mol. The Hall–Kier alpha value is -1.16. The second-order valence-electron chi connectivity index (χ2n) is 3.20. The quantitative estimate of drug-likeness (QED) is 0.594. The Morgan fingerprint density at radius 2 is 2.13 bits per heavy atom. The van der Waals surface area contributed by atoms with Crippen molar-refractivity contribution in [3.63, 3.8) is 0 Å². The molecule has 1 N–H and O–H groups in total. The van der Waals surface area contributed by atoms with Gasteiger partial charge in [-0.3, -0.25) is 4.79 Å². The Bertz CT molecular complexity index is 303. The first-order chi connectivity index (χ1) is 7.18. The second kappa shape index (κ2) is 6.35. The van der Waals surface area contributed by atoms with Gasteiger partial charge < -0.3 is 10.1 Å². The predicted molar refractivity (Wildman–Crippen MR) is 64.3 cm³/mol. The summed E-state index contributed by atoms with van der Waals surface area (Å²) < 4.78 is 4.84. The van der Waals surface area contributed by atoms with Crippen molar-refractivity contribution in [1.82, 2.24) is 0 Å². The highest BCUT2D eigenvalue weighted by molar-refractivity contribution is 7.81. The number of esters is 1. The van der Waals surface area contributed by atoms with Gasteiger partial charge in [0, 0.05) is 19.2 Å². The van der Waals surface area contributed by atoms with Gasteiger partial charge in [-0.05, 0) is 12.1 Å². The number of ether oxygens (including phenoxy) is 1. The van der Waals surface area contributed by atoms with Crippen molar-refractivity contribution < 1.29 is 9.53 Å². The highest BCUT2D eigenvalue weighted by Crippen LogP contribution is 2.06. The van der Waals surface area contributed by atoms with E-state index in [0.717, 1.165) is 5.69 Å². The van der Waals surface area contributed by atoms with Crippen LogP contribution in [0.3, 0.4) is 0 Å².